The quantitative estimate of drug-likeness (QED) is 0.755. The number of aromatic nitrogens is 4. The maximum atomic E-state index is 10.9. The molecule has 0 fully saturated rings. The van der Waals surface area contributed by atoms with Gasteiger partial charge in [-0.15, -0.1) is 0 Å². The van der Waals surface area contributed by atoms with Crippen LogP contribution in [0, 0.1) is 6.92 Å². The number of nitrogens with two attached hydrogens (primary N) is 1. The summed E-state index contributed by atoms with van der Waals surface area (Å²) in [5.41, 5.74) is 6.79. The van der Waals surface area contributed by atoms with Crippen LogP contribution in [0.15, 0.2) is 36.7 Å². The minimum Gasteiger partial charge on any atom is -0.407 e. The molecule has 3 rings (SSSR count). The Hall–Kier alpha value is -3.07. The molecule has 0 aliphatic heterocycles. The van der Waals surface area contributed by atoms with Crippen LogP contribution in [0.25, 0.3) is 11.5 Å². The van der Waals surface area contributed by atoms with Crippen molar-refractivity contribution in [2.24, 2.45) is 5.73 Å². The molecular formula is C14H12N6O2S. The topological polar surface area (TPSA) is 116 Å². The van der Waals surface area contributed by atoms with Gasteiger partial charge in [0.05, 0.1) is 0 Å². The number of ether oxygens (including phenoxy) is 1. The van der Waals surface area contributed by atoms with Crippen molar-refractivity contribution in [2.75, 3.05) is 5.32 Å². The molecule has 0 unspecified atom stereocenters. The van der Waals surface area contributed by atoms with Gasteiger partial charge in [-0.05, 0) is 36.8 Å². The third-order valence-corrected chi connectivity index (χ3v) is 3.41. The van der Waals surface area contributed by atoms with Crippen molar-refractivity contribution >= 4 is 28.6 Å². The van der Waals surface area contributed by atoms with E-state index in [-0.39, 0.29) is 5.75 Å². The van der Waals surface area contributed by atoms with Crippen LogP contribution >= 0.6 is 11.5 Å². The first-order valence-corrected chi connectivity index (χ1v) is 7.35. The first-order chi connectivity index (χ1) is 11.1. The molecule has 3 aromatic rings. The molecule has 8 nitrogen and oxygen atoms in total. The summed E-state index contributed by atoms with van der Waals surface area (Å²) in [7, 11) is 0. The third kappa shape index (κ3) is 3.58. The number of rotatable bonds is 4. The van der Waals surface area contributed by atoms with Crippen LogP contribution < -0.4 is 15.8 Å². The maximum absolute atomic E-state index is 10.9. The van der Waals surface area contributed by atoms with Gasteiger partial charge in [-0.1, -0.05) is 0 Å². The minimum atomic E-state index is -0.914. The molecule has 0 spiro atoms. The van der Waals surface area contributed by atoms with Crippen LogP contribution in [0.5, 0.6) is 5.75 Å². The minimum absolute atomic E-state index is 0.213. The van der Waals surface area contributed by atoms with Crippen LogP contribution in [-0.4, -0.2) is 25.4 Å². The molecule has 1 amide bonds. The Balaban J connectivity index is 1.84. The normalized spacial score (nSPS) is 10.3. The smallest absolute Gasteiger partial charge is 0.407 e. The van der Waals surface area contributed by atoms with E-state index in [4.69, 9.17) is 10.5 Å². The Morgan fingerprint density at radius 2 is 2.17 bits per heavy atom. The Kier molecular flexibility index (Phi) is 4.11. The van der Waals surface area contributed by atoms with Crippen molar-refractivity contribution in [2.45, 2.75) is 6.92 Å². The lowest BCUT2D eigenvalue weighted by Crippen LogP contribution is -2.17. The molecule has 0 atom stereocenters. The fraction of sp³-hybridized carbons (Fsp3) is 0.0714. The second-order valence-electron chi connectivity index (χ2n) is 4.54. The molecule has 0 saturated carbocycles. The van der Waals surface area contributed by atoms with Crippen molar-refractivity contribution < 1.29 is 9.53 Å². The van der Waals surface area contributed by atoms with E-state index in [0.717, 1.165) is 17.1 Å². The highest BCUT2D eigenvalue weighted by Crippen LogP contribution is 2.27. The first-order valence-electron chi connectivity index (χ1n) is 6.58. The third-order valence-electron chi connectivity index (χ3n) is 2.78. The van der Waals surface area contributed by atoms with Gasteiger partial charge in [0.2, 0.25) is 5.13 Å². The second-order valence-corrected chi connectivity index (χ2v) is 5.29. The number of aryl methyl sites for hydroxylation is 1. The van der Waals surface area contributed by atoms with Crippen LogP contribution in [0.3, 0.4) is 0 Å². The number of primary amides is 1. The number of carbonyl (C=O) groups is 1. The van der Waals surface area contributed by atoms with Crippen LogP contribution in [0.4, 0.5) is 15.7 Å². The summed E-state index contributed by atoms with van der Waals surface area (Å²) < 4.78 is 9.14. The van der Waals surface area contributed by atoms with Gasteiger partial charge in [0.1, 0.15) is 5.69 Å². The summed E-state index contributed by atoms with van der Waals surface area (Å²) in [4.78, 5) is 23.6. The lowest BCUT2D eigenvalue weighted by Gasteiger charge is -2.06. The van der Waals surface area contributed by atoms with Crippen molar-refractivity contribution in [1.82, 2.24) is 19.3 Å². The number of amides is 1. The summed E-state index contributed by atoms with van der Waals surface area (Å²) in [6.07, 6.45) is 2.35. The lowest BCUT2D eigenvalue weighted by molar-refractivity contribution is 0.211. The van der Waals surface area contributed by atoms with E-state index in [1.54, 1.807) is 24.5 Å². The zero-order valence-corrected chi connectivity index (χ0v) is 12.9. The van der Waals surface area contributed by atoms with Gasteiger partial charge in [0.15, 0.2) is 17.4 Å². The second kappa shape index (κ2) is 6.36. The van der Waals surface area contributed by atoms with Gasteiger partial charge in [-0.3, -0.25) is 4.98 Å². The van der Waals surface area contributed by atoms with E-state index in [9.17, 15) is 4.79 Å². The number of carbonyl (C=O) groups excluding carboxylic acids is 1. The van der Waals surface area contributed by atoms with Crippen LogP contribution in [0.2, 0.25) is 0 Å². The van der Waals surface area contributed by atoms with E-state index in [1.165, 1.54) is 0 Å². The van der Waals surface area contributed by atoms with Gasteiger partial charge in [-0.2, -0.15) is 9.36 Å². The van der Waals surface area contributed by atoms with Gasteiger partial charge in [0.25, 0.3) is 0 Å². The lowest BCUT2D eigenvalue weighted by atomic mass is 10.2. The Labute approximate surface area is 135 Å². The molecule has 0 aromatic carbocycles. The summed E-state index contributed by atoms with van der Waals surface area (Å²) >= 11 is 1.15. The predicted molar refractivity (Wildman–Crippen MR) is 85.6 cm³/mol. The van der Waals surface area contributed by atoms with Crippen molar-refractivity contribution in [3.63, 3.8) is 0 Å². The SMILES string of the molecule is Cc1ccnc(-c2nsc(Nc3ncccc3OC(N)=O)n2)c1. The number of hydrogen-bond acceptors (Lipinski definition) is 8. The molecule has 9 heteroatoms. The van der Waals surface area contributed by atoms with Gasteiger partial charge >= 0.3 is 6.09 Å². The summed E-state index contributed by atoms with van der Waals surface area (Å²) in [5.74, 6) is 1.05. The zero-order chi connectivity index (χ0) is 16.2. The highest BCUT2D eigenvalue weighted by Gasteiger charge is 2.12. The molecule has 0 saturated heterocycles. The first kappa shape index (κ1) is 14.9. The number of hydrogen-bond donors (Lipinski definition) is 2. The average Bonchev–Trinajstić information content (AvgIpc) is 2.97. The highest BCUT2D eigenvalue weighted by atomic mass is 32.1. The van der Waals surface area contributed by atoms with Crippen molar-refractivity contribution in [1.29, 1.82) is 0 Å². The Morgan fingerprint density at radius 3 is 2.96 bits per heavy atom. The Morgan fingerprint density at radius 1 is 1.30 bits per heavy atom. The summed E-state index contributed by atoms with van der Waals surface area (Å²) in [5, 5.41) is 3.45. The van der Waals surface area contributed by atoms with Crippen molar-refractivity contribution in [3.8, 4) is 17.3 Å². The molecule has 3 aromatic heterocycles. The molecule has 0 bridgehead atoms. The van der Waals surface area contributed by atoms with E-state index in [0.29, 0.717) is 22.5 Å². The number of anilines is 2. The molecule has 23 heavy (non-hydrogen) atoms. The summed E-state index contributed by atoms with van der Waals surface area (Å²) in [6, 6.07) is 7.00. The average molecular weight is 328 g/mol. The molecule has 116 valence electrons. The van der Waals surface area contributed by atoms with E-state index in [1.807, 2.05) is 19.1 Å². The molecule has 0 radical (unpaired) electrons. The standard InChI is InChI=1S/C14H12N6O2S/c1-8-4-6-16-9(7-8)11-18-14(23-20-11)19-12-10(22-13(15)21)3-2-5-17-12/h2-7H,1H3,(H2,15,21)(H,17,18,19,20). The fourth-order valence-electron chi connectivity index (χ4n) is 1.81. The van der Waals surface area contributed by atoms with E-state index >= 15 is 0 Å². The number of nitrogens with zero attached hydrogens (tertiary/aromatic N) is 4. The van der Waals surface area contributed by atoms with Gasteiger partial charge in [-0.25, -0.2) is 9.78 Å². The molecule has 0 aliphatic rings. The predicted octanol–water partition coefficient (Wildman–Crippen LogP) is 2.50. The Bertz CT molecular complexity index is 851. The maximum Gasteiger partial charge on any atom is 0.410 e. The van der Waals surface area contributed by atoms with Gasteiger partial charge in [0, 0.05) is 23.9 Å². The van der Waals surface area contributed by atoms with Crippen molar-refractivity contribution in [3.05, 3.63) is 42.2 Å². The molecule has 3 N–H and O–H groups in total. The van der Waals surface area contributed by atoms with Gasteiger partial charge < -0.3 is 15.8 Å². The van der Waals surface area contributed by atoms with Crippen LogP contribution in [0.1, 0.15) is 5.56 Å². The highest BCUT2D eigenvalue weighted by molar-refractivity contribution is 7.09. The fourth-order valence-corrected chi connectivity index (χ4v) is 2.39. The van der Waals surface area contributed by atoms with E-state index in [2.05, 4.69) is 24.6 Å². The van der Waals surface area contributed by atoms with Crippen LogP contribution in [-0.2, 0) is 0 Å². The number of pyridine rings is 2. The largest absolute Gasteiger partial charge is 0.410 e. The monoisotopic (exact) mass is 328 g/mol. The molecule has 3 heterocycles. The van der Waals surface area contributed by atoms with E-state index < -0.39 is 6.09 Å². The number of nitrogens with one attached hydrogen (secondary N) is 1. The molecule has 0 aliphatic carbocycles. The molecular weight excluding hydrogens is 316 g/mol. The summed E-state index contributed by atoms with van der Waals surface area (Å²) in [6.45, 7) is 1.97. The zero-order valence-electron chi connectivity index (χ0n) is 12.1.